The number of benzene rings is 1. The number of halogens is 1. The van der Waals surface area contributed by atoms with Crippen LogP contribution in [0.5, 0.6) is 0 Å². The van der Waals surface area contributed by atoms with Crippen LogP contribution in [0, 0.1) is 13.8 Å². The highest BCUT2D eigenvalue weighted by Gasteiger charge is 2.27. The van der Waals surface area contributed by atoms with E-state index in [1.165, 1.54) is 16.8 Å². The first-order chi connectivity index (χ1) is 14.0. The molecule has 29 heavy (non-hydrogen) atoms. The topological polar surface area (TPSA) is 72.5 Å². The van der Waals surface area contributed by atoms with Crippen molar-refractivity contribution in [2.24, 2.45) is 0 Å². The maximum atomic E-state index is 13.0. The monoisotopic (exact) mass is 414 g/mol. The number of carbonyl (C=O) groups excluding carboxylic acids is 1. The van der Waals surface area contributed by atoms with Gasteiger partial charge in [0.05, 0.1) is 0 Å². The van der Waals surface area contributed by atoms with E-state index in [-0.39, 0.29) is 5.78 Å². The third-order valence-electron chi connectivity index (χ3n) is 5.76. The van der Waals surface area contributed by atoms with Crippen molar-refractivity contribution in [3.8, 4) is 5.95 Å². The zero-order chi connectivity index (χ0) is 20.4. The van der Waals surface area contributed by atoms with Crippen LogP contribution in [0.25, 0.3) is 5.95 Å². The molecule has 0 atom stereocenters. The van der Waals surface area contributed by atoms with Crippen molar-refractivity contribution in [1.82, 2.24) is 19.7 Å². The molecule has 0 amide bonds. The Morgan fingerprint density at radius 3 is 2.62 bits per heavy atom. The van der Waals surface area contributed by atoms with E-state index in [1.807, 2.05) is 42.7 Å². The van der Waals surface area contributed by atoms with Crippen LogP contribution in [0.4, 0.5) is 0 Å². The van der Waals surface area contributed by atoms with Gasteiger partial charge in [-0.1, -0.05) is 23.7 Å². The van der Waals surface area contributed by atoms with Gasteiger partial charge in [0.15, 0.2) is 0 Å². The van der Waals surface area contributed by atoms with Crippen LogP contribution < -0.4 is 9.80 Å². The average molecular weight is 415 g/mol. The molecule has 0 spiro atoms. The molecule has 0 unspecified atom stereocenters. The predicted molar refractivity (Wildman–Crippen MR) is 111 cm³/mol. The Morgan fingerprint density at radius 2 is 1.93 bits per heavy atom. The van der Waals surface area contributed by atoms with E-state index >= 15 is 0 Å². The molecule has 3 aromatic rings. The third kappa shape index (κ3) is 4.42. The number of Topliss-reactive ketones (excluding diaryl/α,β-unsaturated/α-hetero) is 1. The molecule has 1 saturated heterocycles. The molecule has 1 aromatic carbocycles. The third-order valence-corrected chi connectivity index (χ3v) is 6.00. The van der Waals surface area contributed by atoms with Gasteiger partial charge >= 0.3 is 0 Å². The summed E-state index contributed by atoms with van der Waals surface area (Å²) in [5, 5.41) is 7.58. The number of nitrogens with one attached hydrogen (secondary N) is 3. The van der Waals surface area contributed by atoms with Crippen molar-refractivity contribution in [1.29, 1.82) is 0 Å². The smallest absolute Gasteiger partial charge is 0.229 e. The Morgan fingerprint density at radius 1 is 1.17 bits per heavy atom. The van der Waals surface area contributed by atoms with Gasteiger partial charge in [0.25, 0.3) is 0 Å². The van der Waals surface area contributed by atoms with E-state index in [9.17, 15) is 4.79 Å². The molecule has 152 valence electrons. The quantitative estimate of drug-likeness (QED) is 0.498. The second-order valence-corrected chi connectivity index (χ2v) is 8.27. The number of aromatic amines is 1. The minimum Gasteiger partial charge on any atom is -0.322 e. The lowest BCUT2D eigenvalue weighted by atomic mass is 10.1. The van der Waals surface area contributed by atoms with Gasteiger partial charge in [-0.05, 0) is 32.0 Å². The van der Waals surface area contributed by atoms with Gasteiger partial charge in [-0.3, -0.25) is 9.36 Å². The first-order valence-corrected chi connectivity index (χ1v) is 10.4. The molecular formula is C21H27ClN6O+2. The lowest BCUT2D eigenvalue weighted by Crippen LogP contribution is -3.27. The number of H-pyrrole nitrogens is 1. The maximum absolute atomic E-state index is 13.0. The van der Waals surface area contributed by atoms with Gasteiger partial charge in [-0.2, -0.15) is 10.1 Å². The number of rotatable bonds is 6. The summed E-state index contributed by atoms with van der Waals surface area (Å²) in [6, 6.07) is 10.0. The van der Waals surface area contributed by atoms with Crippen LogP contribution in [-0.2, 0) is 6.54 Å². The predicted octanol–water partition coefficient (Wildman–Crippen LogP) is 0.0319. The first-order valence-electron chi connectivity index (χ1n) is 10.0. The van der Waals surface area contributed by atoms with Crippen molar-refractivity contribution >= 4 is 17.4 Å². The number of ketones is 1. The standard InChI is InChI=1S/C21H25ClN6O/c1-15-10-19(16(2)28(15)21-23-14-24-25-21)20(29)13-27-8-6-26(7-9-27)12-17-4-3-5-18(22)11-17/h3-5,10-11,14H,6-9,12-13H2,1-2H3,(H,23,24,25)/p+2. The number of quaternary nitrogens is 2. The molecule has 0 aliphatic carbocycles. The van der Waals surface area contributed by atoms with E-state index in [4.69, 9.17) is 11.6 Å². The highest BCUT2D eigenvalue weighted by molar-refractivity contribution is 6.30. The van der Waals surface area contributed by atoms with Crippen LogP contribution in [0.15, 0.2) is 36.7 Å². The number of aromatic nitrogens is 4. The fourth-order valence-corrected chi connectivity index (χ4v) is 4.46. The lowest BCUT2D eigenvalue weighted by Gasteiger charge is -2.29. The summed E-state index contributed by atoms with van der Waals surface area (Å²) < 4.78 is 1.95. The Balaban J connectivity index is 1.35. The molecule has 3 N–H and O–H groups in total. The lowest BCUT2D eigenvalue weighted by molar-refractivity contribution is -1.01. The highest BCUT2D eigenvalue weighted by atomic mass is 35.5. The number of aryl methyl sites for hydroxylation is 1. The average Bonchev–Trinajstić information content (AvgIpc) is 3.31. The van der Waals surface area contributed by atoms with Crippen LogP contribution in [-0.4, -0.2) is 58.3 Å². The fraction of sp³-hybridized carbons (Fsp3) is 0.381. The van der Waals surface area contributed by atoms with Crippen LogP contribution >= 0.6 is 11.6 Å². The summed E-state index contributed by atoms with van der Waals surface area (Å²) >= 11 is 6.10. The largest absolute Gasteiger partial charge is 0.322 e. The number of piperazine rings is 1. The summed E-state index contributed by atoms with van der Waals surface area (Å²) in [4.78, 5) is 20.1. The Labute approximate surface area is 175 Å². The van der Waals surface area contributed by atoms with E-state index in [2.05, 4.69) is 21.2 Å². The molecule has 2 aromatic heterocycles. The molecule has 3 heterocycles. The van der Waals surface area contributed by atoms with Crippen LogP contribution in [0.3, 0.4) is 0 Å². The number of hydrogen-bond acceptors (Lipinski definition) is 3. The normalized spacial score (nSPS) is 19.4. The highest BCUT2D eigenvalue weighted by Crippen LogP contribution is 2.18. The SMILES string of the molecule is Cc1cc(C(=O)C[NH+]2CC[NH+](Cc3cccc(Cl)c3)CC2)c(C)n1-c1ncn[nH]1. The van der Waals surface area contributed by atoms with Crippen molar-refractivity contribution in [2.75, 3.05) is 32.7 Å². The summed E-state index contributed by atoms with van der Waals surface area (Å²) in [5.74, 6) is 0.835. The van der Waals surface area contributed by atoms with Gasteiger partial charge in [-0.25, -0.2) is 5.10 Å². The summed E-state index contributed by atoms with van der Waals surface area (Å²) in [7, 11) is 0. The molecule has 8 heteroatoms. The van der Waals surface area contributed by atoms with Gasteiger partial charge in [-0.15, -0.1) is 0 Å². The number of carbonyl (C=O) groups is 1. The van der Waals surface area contributed by atoms with Crippen molar-refractivity contribution in [3.63, 3.8) is 0 Å². The van der Waals surface area contributed by atoms with E-state index in [1.54, 1.807) is 4.90 Å². The molecule has 0 saturated carbocycles. The van der Waals surface area contributed by atoms with Gasteiger partial charge in [0.2, 0.25) is 11.7 Å². The second-order valence-electron chi connectivity index (χ2n) is 7.84. The minimum atomic E-state index is 0.192. The number of hydrogen-bond donors (Lipinski definition) is 3. The summed E-state index contributed by atoms with van der Waals surface area (Å²) in [6.45, 7) is 9.59. The molecule has 1 fully saturated rings. The fourth-order valence-electron chi connectivity index (χ4n) is 4.25. The molecule has 7 nitrogen and oxygen atoms in total. The van der Waals surface area contributed by atoms with Gasteiger partial charge < -0.3 is 9.80 Å². The summed E-state index contributed by atoms with van der Waals surface area (Å²) in [5.41, 5.74) is 3.94. The molecule has 1 aliphatic rings. The molecule has 0 bridgehead atoms. The van der Waals surface area contributed by atoms with E-state index < -0.39 is 0 Å². The Hall–Kier alpha value is -2.48. The Kier molecular flexibility index (Phi) is 5.80. The van der Waals surface area contributed by atoms with E-state index in [0.29, 0.717) is 12.5 Å². The molecule has 4 rings (SSSR count). The van der Waals surface area contributed by atoms with Crippen molar-refractivity contribution < 1.29 is 14.6 Å². The van der Waals surface area contributed by atoms with Crippen molar-refractivity contribution in [3.05, 3.63) is 64.2 Å². The van der Waals surface area contributed by atoms with Crippen LogP contribution in [0.1, 0.15) is 27.3 Å². The minimum absolute atomic E-state index is 0.192. The first kappa shape index (κ1) is 19.8. The zero-order valence-corrected chi connectivity index (χ0v) is 17.6. The summed E-state index contributed by atoms with van der Waals surface area (Å²) in [6.07, 6.45) is 1.48. The molecular weight excluding hydrogens is 388 g/mol. The van der Waals surface area contributed by atoms with Crippen LogP contribution in [0.2, 0.25) is 5.02 Å². The number of nitrogens with zero attached hydrogens (tertiary/aromatic N) is 3. The Bertz CT molecular complexity index is 989. The van der Waals surface area contributed by atoms with E-state index in [0.717, 1.165) is 54.7 Å². The maximum Gasteiger partial charge on any atom is 0.229 e. The van der Waals surface area contributed by atoms with Crippen molar-refractivity contribution in [2.45, 2.75) is 20.4 Å². The second kappa shape index (κ2) is 8.49. The van der Waals surface area contributed by atoms with Gasteiger partial charge in [0, 0.05) is 27.5 Å². The molecule has 1 aliphatic heterocycles. The van der Waals surface area contributed by atoms with Gasteiger partial charge in [0.1, 0.15) is 45.6 Å². The zero-order valence-electron chi connectivity index (χ0n) is 16.8. The molecule has 0 radical (unpaired) electrons.